The molecule has 1 N–H and O–H groups in total. The van der Waals surface area contributed by atoms with Crippen LogP contribution in [0.2, 0.25) is 5.02 Å². The number of halogens is 4. The summed E-state index contributed by atoms with van der Waals surface area (Å²) in [6.07, 6.45) is -3.47. The minimum absolute atomic E-state index is 0.203. The lowest BCUT2D eigenvalue weighted by Gasteiger charge is -2.24. The molecular weight excluding hydrogens is 517 g/mol. The normalized spacial score (nSPS) is 11.9. The molecule has 0 saturated carbocycles. The molecule has 7 nitrogen and oxygen atoms in total. The summed E-state index contributed by atoms with van der Waals surface area (Å²) in [6, 6.07) is 16.9. The van der Waals surface area contributed by atoms with Gasteiger partial charge in [0.2, 0.25) is 0 Å². The molecule has 0 fully saturated rings. The molecular formula is C24H22ClF3N4O3S. The largest absolute Gasteiger partial charge is 0.417 e. The van der Waals surface area contributed by atoms with Crippen molar-refractivity contribution in [1.82, 2.24) is 5.43 Å². The molecule has 190 valence electrons. The van der Waals surface area contributed by atoms with Crippen LogP contribution in [-0.4, -0.2) is 41.2 Å². The molecule has 0 aliphatic carbocycles. The van der Waals surface area contributed by atoms with Crippen LogP contribution >= 0.6 is 11.6 Å². The highest BCUT2D eigenvalue weighted by Crippen LogP contribution is 2.38. The predicted molar refractivity (Wildman–Crippen MR) is 134 cm³/mol. The second kappa shape index (κ2) is 11.0. The second-order valence-electron chi connectivity index (χ2n) is 7.77. The second-order valence-corrected chi connectivity index (χ2v) is 10.0. The van der Waals surface area contributed by atoms with Crippen molar-refractivity contribution < 1.29 is 26.4 Å². The monoisotopic (exact) mass is 538 g/mol. The van der Waals surface area contributed by atoms with Crippen molar-refractivity contribution in [3.8, 4) is 0 Å². The van der Waals surface area contributed by atoms with Crippen LogP contribution in [0.4, 0.5) is 24.5 Å². The van der Waals surface area contributed by atoms with Gasteiger partial charge in [-0.25, -0.2) is 13.8 Å². The highest BCUT2D eigenvalue weighted by atomic mass is 35.5. The van der Waals surface area contributed by atoms with E-state index in [1.807, 2.05) is 31.1 Å². The highest BCUT2D eigenvalue weighted by Gasteiger charge is 2.35. The van der Waals surface area contributed by atoms with Crippen molar-refractivity contribution in [1.29, 1.82) is 0 Å². The average molecular weight is 539 g/mol. The molecule has 3 aromatic carbocycles. The van der Waals surface area contributed by atoms with Gasteiger partial charge in [0.1, 0.15) is 6.54 Å². The number of rotatable bonds is 8. The van der Waals surface area contributed by atoms with E-state index < -0.39 is 39.2 Å². The van der Waals surface area contributed by atoms with Gasteiger partial charge in [0.25, 0.3) is 15.9 Å². The van der Waals surface area contributed by atoms with Crippen LogP contribution in [0.1, 0.15) is 11.1 Å². The third-order valence-electron chi connectivity index (χ3n) is 4.97. The standard InChI is InChI=1S/C24H22ClF3N4O3S/c1-31(2)18-10-8-17(9-11-18)15-29-30-23(33)16-32(36(34,35)20-6-4-3-5-7-20)19-12-13-22(25)21(14-19)24(26,27)28/h3-15H,16H2,1-2H3,(H,30,33)/b29-15-. The van der Waals surface area contributed by atoms with Crippen LogP contribution in [0.5, 0.6) is 0 Å². The predicted octanol–water partition coefficient (Wildman–Crippen LogP) is 4.77. The van der Waals surface area contributed by atoms with E-state index in [9.17, 15) is 26.4 Å². The molecule has 0 unspecified atom stereocenters. The van der Waals surface area contributed by atoms with Gasteiger partial charge in [-0.3, -0.25) is 9.10 Å². The van der Waals surface area contributed by atoms with Gasteiger partial charge in [0, 0.05) is 19.8 Å². The van der Waals surface area contributed by atoms with Crippen molar-refractivity contribution in [3.05, 3.63) is 88.9 Å². The van der Waals surface area contributed by atoms with Crippen LogP contribution in [0.3, 0.4) is 0 Å². The Morgan fingerprint density at radius 3 is 2.19 bits per heavy atom. The number of hydrazone groups is 1. The van der Waals surface area contributed by atoms with E-state index >= 15 is 0 Å². The molecule has 0 radical (unpaired) electrons. The zero-order valence-corrected chi connectivity index (χ0v) is 20.8. The number of carbonyl (C=O) groups excluding carboxylic acids is 1. The number of carbonyl (C=O) groups is 1. The van der Waals surface area contributed by atoms with E-state index in [1.165, 1.54) is 30.5 Å². The zero-order valence-electron chi connectivity index (χ0n) is 19.2. The lowest BCUT2D eigenvalue weighted by Crippen LogP contribution is -2.39. The van der Waals surface area contributed by atoms with Crippen LogP contribution in [0.15, 0.2) is 82.8 Å². The zero-order chi connectivity index (χ0) is 26.5. The summed E-state index contributed by atoms with van der Waals surface area (Å²) in [6.45, 7) is -0.826. The first-order chi connectivity index (χ1) is 16.9. The maximum absolute atomic E-state index is 13.4. The highest BCUT2D eigenvalue weighted by molar-refractivity contribution is 7.92. The average Bonchev–Trinajstić information content (AvgIpc) is 2.83. The molecule has 0 bridgehead atoms. The van der Waals surface area contributed by atoms with E-state index in [0.29, 0.717) is 15.9 Å². The molecule has 0 aliphatic heterocycles. The van der Waals surface area contributed by atoms with Gasteiger partial charge in [0.05, 0.1) is 27.4 Å². The summed E-state index contributed by atoms with van der Waals surface area (Å²) in [7, 11) is -0.637. The van der Waals surface area contributed by atoms with Gasteiger partial charge in [0.15, 0.2) is 0 Å². The summed E-state index contributed by atoms with van der Waals surface area (Å²) >= 11 is 5.69. The molecule has 0 spiro atoms. The molecule has 12 heteroatoms. The Morgan fingerprint density at radius 2 is 1.61 bits per heavy atom. The van der Waals surface area contributed by atoms with Crippen molar-refractivity contribution in [2.75, 3.05) is 29.8 Å². The first-order valence-corrected chi connectivity index (χ1v) is 12.3. The molecule has 1 amide bonds. The number of alkyl halides is 3. The molecule has 3 rings (SSSR count). The lowest BCUT2D eigenvalue weighted by atomic mass is 10.2. The summed E-state index contributed by atoms with van der Waals surface area (Å²) < 4.78 is 67.4. The number of nitrogens with one attached hydrogen (secondary N) is 1. The summed E-state index contributed by atoms with van der Waals surface area (Å²) in [5.41, 5.74) is 2.23. The van der Waals surface area contributed by atoms with Gasteiger partial charge < -0.3 is 4.90 Å². The fourth-order valence-corrected chi connectivity index (χ4v) is 4.78. The third-order valence-corrected chi connectivity index (χ3v) is 7.09. The van der Waals surface area contributed by atoms with Crippen molar-refractivity contribution in [2.24, 2.45) is 5.10 Å². The molecule has 0 aliphatic rings. The smallest absolute Gasteiger partial charge is 0.378 e. The Bertz CT molecular complexity index is 1350. The Kier molecular flexibility index (Phi) is 8.26. The topological polar surface area (TPSA) is 82.1 Å². The third kappa shape index (κ3) is 6.55. The van der Waals surface area contributed by atoms with Crippen LogP contribution in [0, 0.1) is 0 Å². The van der Waals surface area contributed by atoms with E-state index in [0.717, 1.165) is 17.8 Å². The quantitative estimate of drug-likeness (QED) is 0.331. The van der Waals surface area contributed by atoms with E-state index in [2.05, 4.69) is 10.5 Å². The first kappa shape index (κ1) is 27.0. The Balaban J connectivity index is 1.89. The summed E-state index contributed by atoms with van der Waals surface area (Å²) in [4.78, 5) is 14.3. The number of nitrogens with zero attached hydrogens (tertiary/aromatic N) is 3. The molecule has 36 heavy (non-hydrogen) atoms. The van der Waals surface area contributed by atoms with Crippen LogP contribution in [-0.2, 0) is 21.0 Å². The van der Waals surface area contributed by atoms with E-state index in [-0.39, 0.29) is 10.6 Å². The molecule has 0 saturated heterocycles. The number of sulfonamides is 1. The Hall–Kier alpha value is -3.57. The van der Waals surface area contributed by atoms with Crippen molar-refractivity contribution in [3.63, 3.8) is 0 Å². The molecule has 0 aromatic heterocycles. The number of amides is 1. The SMILES string of the molecule is CN(C)c1ccc(/C=N\NC(=O)CN(c2ccc(Cl)c(C(F)(F)F)c2)S(=O)(=O)c2ccccc2)cc1. The minimum atomic E-state index is -4.83. The molecule has 0 atom stereocenters. The van der Waals surface area contributed by atoms with Gasteiger partial charge in [-0.05, 0) is 48.0 Å². The van der Waals surface area contributed by atoms with Crippen LogP contribution in [0.25, 0.3) is 0 Å². The van der Waals surface area contributed by atoms with Crippen LogP contribution < -0.4 is 14.6 Å². The number of anilines is 2. The van der Waals surface area contributed by atoms with Gasteiger partial charge in [-0.2, -0.15) is 18.3 Å². The summed E-state index contributed by atoms with van der Waals surface area (Å²) in [5, 5.41) is 3.23. The molecule has 3 aromatic rings. The Morgan fingerprint density at radius 1 is 1.00 bits per heavy atom. The number of benzene rings is 3. The van der Waals surface area contributed by atoms with E-state index in [1.54, 1.807) is 18.2 Å². The molecule has 0 heterocycles. The minimum Gasteiger partial charge on any atom is -0.378 e. The fourth-order valence-electron chi connectivity index (χ4n) is 3.12. The number of hydrogen-bond acceptors (Lipinski definition) is 5. The number of hydrogen-bond donors (Lipinski definition) is 1. The van der Waals surface area contributed by atoms with Crippen molar-refractivity contribution >= 4 is 45.1 Å². The lowest BCUT2D eigenvalue weighted by molar-refractivity contribution is -0.137. The van der Waals surface area contributed by atoms with Gasteiger partial charge in [-0.1, -0.05) is 41.9 Å². The van der Waals surface area contributed by atoms with E-state index in [4.69, 9.17) is 11.6 Å². The van der Waals surface area contributed by atoms with Gasteiger partial charge in [-0.15, -0.1) is 0 Å². The first-order valence-electron chi connectivity index (χ1n) is 10.4. The van der Waals surface area contributed by atoms with Crippen molar-refractivity contribution in [2.45, 2.75) is 11.1 Å². The fraction of sp³-hybridized carbons (Fsp3) is 0.167. The van der Waals surface area contributed by atoms with Gasteiger partial charge >= 0.3 is 6.18 Å². The summed E-state index contributed by atoms with van der Waals surface area (Å²) in [5.74, 6) is -0.862. The Labute approximate surface area is 211 Å². The maximum Gasteiger partial charge on any atom is 0.417 e. The maximum atomic E-state index is 13.4.